The lowest BCUT2D eigenvalue weighted by atomic mass is 10.1. The molecule has 0 bridgehead atoms. The van der Waals surface area contributed by atoms with Crippen LogP contribution in [0.1, 0.15) is 24.2 Å². The number of primary amides is 1. The first kappa shape index (κ1) is 16.5. The molecule has 0 spiro atoms. The molecule has 1 rings (SSSR count). The number of nitrogens with two attached hydrogens (primary N) is 1. The van der Waals surface area contributed by atoms with Crippen molar-refractivity contribution in [2.45, 2.75) is 19.9 Å². The fourth-order valence-electron chi connectivity index (χ4n) is 1.83. The van der Waals surface area contributed by atoms with Crippen LogP contribution >= 0.6 is 0 Å². The van der Waals surface area contributed by atoms with Crippen molar-refractivity contribution in [3.63, 3.8) is 0 Å². The fourth-order valence-corrected chi connectivity index (χ4v) is 1.83. The average molecular weight is 293 g/mol. The van der Waals surface area contributed by atoms with Gasteiger partial charge in [0.25, 0.3) is 5.91 Å². The maximum Gasteiger partial charge on any atom is 0.323 e. The van der Waals surface area contributed by atoms with Crippen molar-refractivity contribution in [2.24, 2.45) is 5.73 Å². The molecule has 0 aliphatic carbocycles. The molecule has 1 aromatic carbocycles. The monoisotopic (exact) mass is 293 g/mol. The van der Waals surface area contributed by atoms with E-state index in [0.29, 0.717) is 5.69 Å². The second-order valence-corrected chi connectivity index (χ2v) is 4.77. The molecule has 0 aliphatic rings. The minimum Gasteiger partial charge on any atom is -0.480 e. The van der Waals surface area contributed by atoms with E-state index in [2.05, 4.69) is 5.32 Å². The van der Waals surface area contributed by atoms with Crippen LogP contribution in [0.3, 0.4) is 0 Å². The molecular formula is C14H19N3O4. The number of para-hydroxylation sites is 1. The predicted molar refractivity (Wildman–Crippen MR) is 77.9 cm³/mol. The van der Waals surface area contributed by atoms with Gasteiger partial charge in [0.1, 0.15) is 6.54 Å². The zero-order chi connectivity index (χ0) is 16.0. The Morgan fingerprint density at radius 1 is 1.29 bits per heavy atom. The molecule has 0 radical (unpaired) electrons. The molecule has 0 aromatic heterocycles. The van der Waals surface area contributed by atoms with Crippen LogP contribution in [-0.2, 0) is 9.59 Å². The van der Waals surface area contributed by atoms with Crippen LogP contribution in [0.5, 0.6) is 0 Å². The molecule has 0 saturated carbocycles. The van der Waals surface area contributed by atoms with Crippen molar-refractivity contribution in [3.05, 3.63) is 29.8 Å². The number of carbonyl (C=O) groups is 3. The second kappa shape index (κ2) is 7.28. The number of rotatable bonds is 7. The highest BCUT2D eigenvalue weighted by molar-refractivity contribution is 5.99. The summed E-state index contributed by atoms with van der Waals surface area (Å²) in [4.78, 5) is 35.3. The number of hydrogen-bond donors (Lipinski definition) is 3. The summed E-state index contributed by atoms with van der Waals surface area (Å²) in [7, 11) is 0. The van der Waals surface area contributed by atoms with Gasteiger partial charge < -0.3 is 21.1 Å². The number of benzene rings is 1. The third-order valence-corrected chi connectivity index (χ3v) is 2.87. The molecule has 7 heteroatoms. The first-order valence-corrected chi connectivity index (χ1v) is 6.47. The zero-order valence-corrected chi connectivity index (χ0v) is 12.0. The lowest BCUT2D eigenvalue weighted by Gasteiger charge is -2.25. The van der Waals surface area contributed by atoms with Crippen molar-refractivity contribution < 1.29 is 19.5 Å². The maximum atomic E-state index is 12.1. The third kappa shape index (κ3) is 4.79. The Morgan fingerprint density at radius 2 is 1.90 bits per heavy atom. The van der Waals surface area contributed by atoms with E-state index in [4.69, 9.17) is 10.8 Å². The second-order valence-electron chi connectivity index (χ2n) is 4.77. The summed E-state index contributed by atoms with van der Waals surface area (Å²) >= 11 is 0. The molecule has 1 aromatic rings. The van der Waals surface area contributed by atoms with E-state index in [1.165, 1.54) is 4.90 Å². The summed E-state index contributed by atoms with van der Waals surface area (Å²) in [5.74, 6) is -2.04. The topological polar surface area (TPSA) is 113 Å². The van der Waals surface area contributed by atoms with E-state index in [-0.39, 0.29) is 30.6 Å². The Bertz CT molecular complexity index is 543. The summed E-state index contributed by atoms with van der Waals surface area (Å²) in [6.45, 7) is 2.99. The van der Waals surface area contributed by atoms with E-state index < -0.39 is 11.9 Å². The van der Waals surface area contributed by atoms with Gasteiger partial charge in [-0.3, -0.25) is 14.4 Å². The van der Waals surface area contributed by atoms with Crippen molar-refractivity contribution in [1.82, 2.24) is 4.90 Å². The van der Waals surface area contributed by atoms with Crippen molar-refractivity contribution in [1.29, 1.82) is 0 Å². The van der Waals surface area contributed by atoms with E-state index >= 15 is 0 Å². The Kier molecular flexibility index (Phi) is 5.71. The smallest absolute Gasteiger partial charge is 0.323 e. The lowest BCUT2D eigenvalue weighted by molar-refractivity contribution is -0.145. The molecule has 7 nitrogen and oxygen atoms in total. The molecule has 0 atom stereocenters. The zero-order valence-electron chi connectivity index (χ0n) is 12.0. The number of nitrogens with zero attached hydrogens (tertiary/aromatic N) is 1. The van der Waals surface area contributed by atoms with Gasteiger partial charge in [-0.15, -0.1) is 0 Å². The number of hydrogen-bond acceptors (Lipinski definition) is 4. The highest BCUT2D eigenvalue weighted by atomic mass is 16.4. The van der Waals surface area contributed by atoms with E-state index in [9.17, 15) is 14.4 Å². The summed E-state index contributed by atoms with van der Waals surface area (Å²) in [5.41, 5.74) is 5.96. The molecule has 2 amide bonds. The minimum absolute atomic E-state index is 0.115. The van der Waals surface area contributed by atoms with Crippen LogP contribution in [-0.4, -0.2) is 46.9 Å². The predicted octanol–water partition coefficient (Wildman–Crippen LogP) is 0.519. The van der Waals surface area contributed by atoms with Gasteiger partial charge in [0, 0.05) is 11.7 Å². The number of aliphatic carboxylic acids is 1. The Morgan fingerprint density at radius 3 is 2.43 bits per heavy atom. The molecule has 4 N–H and O–H groups in total. The van der Waals surface area contributed by atoms with Crippen LogP contribution in [0.25, 0.3) is 0 Å². The van der Waals surface area contributed by atoms with E-state index in [0.717, 1.165) is 0 Å². The summed E-state index contributed by atoms with van der Waals surface area (Å²) in [6.07, 6.45) is 0. The lowest BCUT2D eigenvalue weighted by Crippen LogP contribution is -2.43. The SMILES string of the molecule is CC(C)N(CC(=O)O)C(=O)CNc1ccccc1C(N)=O. The van der Waals surface area contributed by atoms with Gasteiger partial charge in [0.15, 0.2) is 0 Å². The summed E-state index contributed by atoms with van der Waals surface area (Å²) < 4.78 is 0. The highest BCUT2D eigenvalue weighted by Gasteiger charge is 2.19. The Labute approximate surface area is 122 Å². The number of carbonyl (C=O) groups excluding carboxylic acids is 2. The first-order valence-electron chi connectivity index (χ1n) is 6.47. The number of amides is 2. The van der Waals surface area contributed by atoms with Crippen LogP contribution in [0.4, 0.5) is 5.69 Å². The van der Waals surface area contributed by atoms with Crippen LogP contribution in [0.2, 0.25) is 0 Å². The number of nitrogens with one attached hydrogen (secondary N) is 1. The fraction of sp³-hybridized carbons (Fsp3) is 0.357. The van der Waals surface area contributed by atoms with Gasteiger partial charge in [-0.2, -0.15) is 0 Å². The van der Waals surface area contributed by atoms with Gasteiger partial charge >= 0.3 is 5.97 Å². The highest BCUT2D eigenvalue weighted by Crippen LogP contribution is 2.14. The molecule has 21 heavy (non-hydrogen) atoms. The van der Waals surface area contributed by atoms with Crippen LogP contribution < -0.4 is 11.1 Å². The quantitative estimate of drug-likeness (QED) is 0.678. The Hall–Kier alpha value is -2.57. The normalized spacial score (nSPS) is 10.2. The van der Waals surface area contributed by atoms with Gasteiger partial charge in [-0.05, 0) is 26.0 Å². The number of anilines is 1. The third-order valence-electron chi connectivity index (χ3n) is 2.87. The van der Waals surface area contributed by atoms with E-state index in [1.54, 1.807) is 38.1 Å². The molecule has 0 fully saturated rings. The molecule has 0 heterocycles. The van der Waals surface area contributed by atoms with Crippen molar-refractivity contribution in [3.8, 4) is 0 Å². The Balaban J connectivity index is 2.76. The molecule has 0 saturated heterocycles. The van der Waals surface area contributed by atoms with E-state index in [1.807, 2.05) is 0 Å². The van der Waals surface area contributed by atoms with Crippen LogP contribution in [0, 0.1) is 0 Å². The molecule has 114 valence electrons. The van der Waals surface area contributed by atoms with Gasteiger partial charge in [0.2, 0.25) is 5.91 Å². The standard InChI is InChI=1S/C14H19N3O4/c1-9(2)17(8-13(19)20)12(18)7-16-11-6-4-3-5-10(11)14(15)21/h3-6,9,16H,7-8H2,1-2H3,(H2,15,21)(H,19,20). The summed E-state index contributed by atoms with van der Waals surface area (Å²) in [6, 6.07) is 6.31. The number of carboxylic acid groups (broad SMARTS) is 1. The maximum absolute atomic E-state index is 12.1. The molecule has 0 unspecified atom stereocenters. The van der Waals surface area contributed by atoms with Crippen LogP contribution in [0.15, 0.2) is 24.3 Å². The summed E-state index contributed by atoms with van der Waals surface area (Å²) in [5, 5.41) is 11.6. The molecule has 0 aliphatic heterocycles. The van der Waals surface area contributed by atoms with Crippen molar-refractivity contribution in [2.75, 3.05) is 18.4 Å². The first-order chi connectivity index (χ1) is 9.82. The van der Waals surface area contributed by atoms with Gasteiger partial charge in [-0.25, -0.2) is 0 Å². The minimum atomic E-state index is -1.07. The molecular weight excluding hydrogens is 274 g/mol. The largest absolute Gasteiger partial charge is 0.480 e. The van der Waals surface area contributed by atoms with Crippen molar-refractivity contribution >= 4 is 23.5 Å². The van der Waals surface area contributed by atoms with Gasteiger partial charge in [0.05, 0.1) is 12.1 Å². The number of carboxylic acids is 1. The average Bonchev–Trinajstić information content (AvgIpc) is 2.41. The van der Waals surface area contributed by atoms with Gasteiger partial charge in [-0.1, -0.05) is 12.1 Å².